The number of benzene rings is 2. The van der Waals surface area contributed by atoms with E-state index in [9.17, 15) is 9.59 Å². The summed E-state index contributed by atoms with van der Waals surface area (Å²) in [7, 11) is 0. The summed E-state index contributed by atoms with van der Waals surface area (Å²) in [5, 5.41) is 5.96. The number of fused-ring (bicyclic) bond motifs is 1. The Morgan fingerprint density at radius 2 is 1.85 bits per heavy atom. The van der Waals surface area contributed by atoms with Crippen LogP contribution in [0.1, 0.15) is 36.1 Å². The molecule has 0 bridgehead atoms. The lowest BCUT2D eigenvalue weighted by Gasteiger charge is -2.18. The molecule has 0 aliphatic rings. The van der Waals surface area contributed by atoms with Crippen molar-refractivity contribution in [3.63, 3.8) is 0 Å². The smallest absolute Gasteiger partial charge is 0.308 e. The van der Waals surface area contributed by atoms with Gasteiger partial charge in [0.05, 0.1) is 12.5 Å². The van der Waals surface area contributed by atoms with Gasteiger partial charge in [-0.1, -0.05) is 48.0 Å². The molecule has 1 unspecified atom stereocenters. The zero-order valence-corrected chi connectivity index (χ0v) is 15.6. The van der Waals surface area contributed by atoms with Crippen LogP contribution in [0.15, 0.2) is 53.9 Å². The molecule has 3 aromatic rings. The van der Waals surface area contributed by atoms with E-state index in [-0.39, 0.29) is 30.9 Å². The number of rotatable bonds is 6. The van der Waals surface area contributed by atoms with Crippen molar-refractivity contribution in [3.8, 4) is 0 Å². The van der Waals surface area contributed by atoms with Crippen LogP contribution in [-0.4, -0.2) is 11.9 Å². The molecule has 4 nitrogen and oxygen atoms in total. The van der Waals surface area contributed by atoms with Gasteiger partial charge in [-0.15, -0.1) is 11.3 Å². The Hall–Kier alpha value is -2.66. The number of carbonyl (C=O) groups is 2. The van der Waals surface area contributed by atoms with Crippen LogP contribution in [0, 0.1) is 6.92 Å². The van der Waals surface area contributed by atoms with Gasteiger partial charge in [0.25, 0.3) is 0 Å². The highest BCUT2D eigenvalue weighted by Gasteiger charge is 2.18. The number of amides is 1. The molecular formula is C21H21NO3S. The molecule has 0 radical (unpaired) electrons. The normalized spacial score (nSPS) is 11.9. The van der Waals surface area contributed by atoms with Gasteiger partial charge >= 0.3 is 5.97 Å². The molecule has 5 heteroatoms. The van der Waals surface area contributed by atoms with E-state index in [0.717, 1.165) is 22.1 Å². The first-order valence-corrected chi connectivity index (χ1v) is 9.35. The Morgan fingerprint density at radius 3 is 2.58 bits per heavy atom. The fourth-order valence-electron chi connectivity index (χ4n) is 2.82. The average molecular weight is 367 g/mol. The molecule has 1 aromatic heterocycles. The van der Waals surface area contributed by atoms with Crippen LogP contribution >= 0.6 is 11.3 Å². The van der Waals surface area contributed by atoms with Crippen LogP contribution in [0.4, 0.5) is 0 Å². The molecule has 0 spiro atoms. The summed E-state index contributed by atoms with van der Waals surface area (Å²) in [6.07, 6.45) is 0.102. The van der Waals surface area contributed by atoms with Gasteiger partial charge in [-0.3, -0.25) is 9.59 Å². The third-order valence-corrected chi connectivity index (χ3v) is 5.19. The molecule has 0 aliphatic heterocycles. The van der Waals surface area contributed by atoms with E-state index in [1.54, 1.807) is 11.3 Å². The number of hydrogen-bond donors (Lipinski definition) is 1. The van der Waals surface area contributed by atoms with Crippen LogP contribution in [-0.2, 0) is 20.9 Å². The molecule has 0 fully saturated rings. The summed E-state index contributed by atoms with van der Waals surface area (Å²) in [6.45, 7) is 3.68. The molecular weight excluding hydrogens is 346 g/mol. The summed E-state index contributed by atoms with van der Waals surface area (Å²) in [5.74, 6) is -0.508. The first-order chi connectivity index (χ1) is 12.5. The highest BCUT2D eigenvalue weighted by molar-refractivity contribution is 7.17. The predicted octanol–water partition coefficient (Wildman–Crippen LogP) is 4.52. The highest BCUT2D eigenvalue weighted by atomic mass is 32.1. The van der Waals surface area contributed by atoms with Gasteiger partial charge in [0.2, 0.25) is 5.91 Å². The second kappa shape index (κ2) is 8.15. The maximum Gasteiger partial charge on any atom is 0.308 e. The summed E-state index contributed by atoms with van der Waals surface area (Å²) >= 11 is 1.64. The highest BCUT2D eigenvalue weighted by Crippen LogP contribution is 2.26. The Labute approximate surface area is 156 Å². The second-order valence-corrected chi connectivity index (χ2v) is 7.20. The Bertz CT molecular complexity index is 914. The third kappa shape index (κ3) is 4.49. The Balaban J connectivity index is 1.65. The maximum absolute atomic E-state index is 12.3. The van der Waals surface area contributed by atoms with Crippen molar-refractivity contribution in [1.29, 1.82) is 0 Å². The van der Waals surface area contributed by atoms with Crippen LogP contribution in [0.25, 0.3) is 10.1 Å². The zero-order valence-electron chi connectivity index (χ0n) is 14.8. The number of aryl methyl sites for hydroxylation is 1. The van der Waals surface area contributed by atoms with E-state index in [0.29, 0.717) is 0 Å². The predicted molar refractivity (Wildman–Crippen MR) is 104 cm³/mol. The summed E-state index contributed by atoms with van der Waals surface area (Å²) in [4.78, 5) is 23.8. The summed E-state index contributed by atoms with van der Waals surface area (Å²) in [5.41, 5.74) is 3.02. The Kier molecular flexibility index (Phi) is 5.68. The molecule has 0 aliphatic carbocycles. The van der Waals surface area contributed by atoms with E-state index in [1.807, 2.05) is 54.8 Å². The van der Waals surface area contributed by atoms with Crippen LogP contribution < -0.4 is 5.32 Å². The first-order valence-electron chi connectivity index (χ1n) is 8.47. The molecule has 0 saturated carbocycles. The second-order valence-electron chi connectivity index (χ2n) is 6.29. The topological polar surface area (TPSA) is 55.4 Å². The standard InChI is InChI=1S/C21H21NO3S/c1-14-7-9-16(10-8-14)19(22-15(2)23)11-21(24)25-12-17-13-26-20-6-4-3-5-18(17)20/h3-10,13,19H,11-12H2,1-2H3,(H,22,23). The molecule has 2 aromatic carbocycles. The minimum Gasteiger partial charge on any atom is -0.461 e. The van der Waals surface area contributed by atoms with Crippen molar-refractivity contribution >= 4 is 33.3 Å². The summed E-state index contributed by atoms with van der Waals surface area (Å²) < 4.78 is 6.64. The van der Waals surface area contributed by atoms with Crippen molar-refractivity contribution < 1.29 is 14.3 Å². The monoisotopic (exact) mass is 367 g/mol. The zero-order chi connectivity index (χ0) is 18.5. The van der Waals surface area contributed by atoms with Crippen molar-refractivity contribution in [2.45, 2.75) is 32.9 Å². The molecule has 3 rings (SSSR count). The van der Waals surface area contributed by atoms with Gasteiger partial charge < -0.3 is 10.1 Å². The van der Waals surface area contributed by atoms with Crippen molar-refractivity contribution in [2.75, 3.05) is 0 Å². The van der Waals surface area contributed by atoms with Gasteiger partial charge in [-0.2, -0.15) is 0 Å². The first kappa shape index (κ1) is 18.1. The molecule has 0 saturated heterocycles. The molecule has 134 valence electrons. The van der Waals surface area contributed by atoms with Gasteiger partial charge in [-0.05, 0) is 29.3 Å². The summed E-state index contributed by atoms with van der Waals surface area (Å²) in [6, 6.07) is 15.4. The SMILES string of the molecule is CC(=O)NC(CC(=O)OCc1csc2ccccc12)c1ccc(C)cc1. The lowest BCUT2D eigenvalue weighted by Crippen LogP contribution is -2.28. The van der Waals surface area contributed by atoms with E-state index in [2.05, 4.69) is 11.4 Å². The number of carbonyl (C=O) groups excluding carboxylic acids is 2. The largest absolute Gasteiger partial charge is 0.461 e. The van der Waals surface area contributed by atoms with E-state index >= 15 is 0 Å². The maximum atomic E-state index is 12.3. The van der Waals surface area contributed by atoms with Crippen LogP contribution in [0.3, 0.4) is 0 Å². The fourth-order valence-corrected chi connectivity index (χ4v) is 3.77. The van der Waals surface area contributed by atoms with Gasteiger partial charge in [-0.25, -0.2) is 0 Å². The van der Waals surface area contributed by atoms with E-state index in [1.165, 1.54) is 11.6 Å². The molecule has 1 heterocycles. The lowest BCUT2D eigenvalue weighted by atomic mass is 10.0. The Morgan fingerprint density at radius 1 is 1.12 bits per heavy atom. The van der Waals surface area contributed by atoms with Crippen LogP contribution in [0.2, 0.25) is 0 Å². The van der Waals surface area contributed by atoms with Gasteiger partial charge in [0, 0.05) is 17.2 Å². The molecule has 1 atom stereocenters. The number of thiophene rings is 1. The number of esters is 1. The number of ether oxygens (including phenoxy) is 1. The molecule has 1 N–H and O–H groups in total. The van der Waals surface area contributed by atoms with Crippen molar-refractivity contribution in [2.24, 2.45) is 0 Å². The van der Waals surface area contributed by atoms with E-state index < -0.39 is 0 Å². The van der Waals surface area contributed by atoms with Gasteiger partial charge in [0.1, 0.15) is 6.61 Å². The third-order valence-electron chi connectivity index (χ3n) is 4.18. The van der Waals surface area contributed by atoms with E-state index in [4.69, 9.17) is 4.74 Å². The minimum atomic E-state index is -0.389. The molecule has 26 heavy (non-hydrogen) atoms. The number of nitrogens with one attached hydrogen (secondary N) is 1. The minimum absolute atomic E-state index is 0.102. The molecule has 1 amide bonds. The van der Waals surface area contributed by atoms with Gasteiger partial charge in [0.15, 0.2) is 0 Å². The fraction of sp³-hybridized carbons (Fsp3) is 0.238. The van der Waals surface area contributed by atoms with Crippen LogP contribution in [0.5, 0.6) is 0 Å². The number of hydrogen-bond acceptors (Lipinski definition) is 4. The van der Waals surface area contributed by atoms with Crippen molar-refractivity contribution in [3.05, 3.63) is 70.6 Å². The average Bonchev–Trinajstić information content (AvgIpc) is 3.03. The van der Waals surface area contributed by atoms with Crippen molar-refractivity contribution in [1.82, 2.24) is 5.32 Å². The lowest BCUT2D eigenvalue weighted by molar-refractivity contribution is -0.145. The quantitative estimate of drug-likeness (QED) is 0.652.